The van der Waals surface area contributed by atoms with E-state index in [-0.39, 0.29) is 6.61 Å². The molecule has 0 saturated carbocycles. The third-order valence-corrected chi connectivity index (χ3v) is 6.08. The quantitative estimate of drug-likeness (QED) is 0.284. The fourth-order valence-electron chi connectivity index (χ4n) is 2.40. The molecule has 7 nitrogen and oxygen atoms in total. The van der Waals surface area contributed by atoms with E-state index in [1.165, 1.54) is 22.8 Å². The van der Waals surface area contributed by atoms with Gasteiger partial charge in [0.1, 0.15) is 0 Å². The van der Waals surface area contributed by atoms with Gasteiger partial charge in [0.25, 0.3) is 7.82 Å². The van der Waals surface area contributed by atoms with Crippen LogP contribution in [0, 0.1) is 0 Å². The predicted octanol–water partition coefficient (Wildman–Crippen LogP) is 4.46. The Kier molecular flexibility index (Phi) is 13.9. The second kappa shape index (κ2) is 14.3. The maximum Gasteiger partial charge on any atom is 0.272 e. The molecular formula is C20H33O7P2-3. The summed E-state index contributed by atoms with van der Waals surface area (Å²) in [6.07, 6.45) is 13.9. The lowest BCUT2D eigenvalue weighted by atomic mass is 10.0. The van der Waals surface area contributed by atoms with E-state index in [9.17, 15) is 23.8 Å². The highest BCUT2D eigenvalue weighted by Gasteiger charge is 2.10. The molecule has 0 aliphatic carbocycles. The van der Waals surface area contributed by atoms with Gasteiger partial charge >= 0.3 is 0 Å². The summed E-state index contributed by atoms with van der Waals surface area (Å²) in [5, 5.41) is 0. The fraction of sp³-hybridized carbons (Fsp3) is 0.600. The molecule has 29 heavy (non-hydrogen) atoms. The molecule has 9 heteroatoms. The maximum atomic E-state index is 11.1. The number of hydrogen-bond acceptors (Lipinski definition) is 7. The minimum absolute atomic E-state index is 0.383. The van der Waals surface area contributed by atoms with Gasteiger partial charge in [0, 0.05) is 0 Å². The molecule has 0 saturated heterocycles. The summed E-state index contributed by atoms with van der Waals surface area (Å²) in [5.74, 6) is 0. The molecular weight excluding hydrogens is 414 g/mol. The molecule has 0 spiro atoms. The molecule has 0 aliphatic heterocycles. The zero-order valence-corrected chi connectivity index (χ0v) is 19.8. The van der Waals surface area contributed by atoms with E-state index in [1.807, 2.05) is 6.92 Å². The van der Waals surface area contributed by atoms with Crippen molar-refractivity contribution >= 4 is 15.6 Å². The summed E-state index contributed by atoms with van der Waals surface area (Å²) in [5.41, 5.74) is 4.93. The van der Waals surface area contributed by atoms with Crippen LogP contribution in [0.15, 0.2) is 46.6 Å². The Morgan fingerprint density at radius 3 is 1.55 bits per heavy atom. The van der Waals surface area contributed by atoms with Crippen LogP contribution in [0.4, 0.5) is 0 Å². The molecule has 1 unspecified atom stereocenters. The molecule has 0 N–H and O–H groups in total. The lowest BCUT2D eigenvalue weighted by molar-refractivity contribution is -0.339. The molecule has 0 radical (unpaired) electrons. The second-order valence-corrected chi connectivity index (χ2v) is 10.0. The van der Waals surface area contributed by atoms with Gasteiger partial charge in [-0.15, -0.1) is 0 Å². The topological polar surface area (TPSA) is 122 Å². The van der Waals surface area contributed by atoms with E-state index >= 15 is 0 Å². The van der Waals surface area contributed by atoms with Crippen molar-refractivity contribution in [1.29, 1.82) is 0 Å². The van der Waals surface area contributed by atoms with Crippen molar-refractivity contribution in [3.05, 3.63) is 46.6 Å². The largest absolute Gasteiger partial charge is 0.790 e. The Bertz CT molecular complexity index is 710. The molecule has 0 aliphatic rings. The van der Waals surface area contributed by atoms with Crippen molar-refractivity contribution in [2.24, 2.45) is 0 Å². The first kappa shape index (κ1) is 28.2. The van der Waals surface area contributed by atoms with Crippen LogP contribution < -0.4 is 14.7 Å². The molecule has 0 amide bonds. The molecule has 0 bridgehead atoms. The molecule has 0 aromatic carbocycles. The van der Waals surface area contributed by atoms with Crippen LogP contribution in [0.3, 0.4) is 0 Å². The summed E-state index contributed by atoms with van der Waals surface area (Å²) >= 11 is 0. The van der Waals surface area contributed by atoms with Crippen molar-refractivity contribution in [1.82, 2.24) is 0 Å². The molecule has 0 aromatic rings. The number of phosphoric ester groups is 1. The number of allylic oxidation sites excluding steroid dienone is 7. The predicted molar refractivity (Wildman–Crippen MR) is 111 cm³/mol. The monoisotopic (exact) mass is 447 g/mol. The minimum atomic E-state index is -5.64. The zero-order chi connectivity index (χ0) is 22.5. The van der Waals surface area contributed by atoms with Gasteiger partial charge in [-0.05, 0) is 73.1 Å². The van der Waals surface area contributed by atoms with Crippen LogP contribution in [0.5, 0.6) is 0 Å². The van der Waals surface area contributed by atoms with Crippen molar-refractivity contribution in [3.8, 4) is 0 Å². The van der Waals surface area contributed by atoms with Gasteiger partial charge in [-0.25, -0.2) is 0 Å². The van der Waals surface area contributed by atoms with Crippen molar-refractivity contribution in [2.45, 2.75) is 73.1 Å². The average Bonchev–Trinajstić information content (AvgIpc) is 2.51. The van der Waals surface area contributed by atoms with Crippen LogP contribution in [0.1, 0.15) is 73.1 Å². The molecule has 168 valence electrons. The van der Waals surface area contributed by atoms with Gasteiger partial charge in [-0.3, -0.25) is 8.88 Å². The van der Waals surface area contributed by atoms with E-state index in [4.69, 9.17) is 0 Å². The van der Waals surface area contributed by atoms with Gasteiger partial charge in [-0.2, -0.15) is 0 Å². The Balaban J connectivity index is 4.20. The molecule has 0 rings (SSSR count). The number of phosphoric acid groups is 2. The van der Waals surface area contributed by atoms with Crippen molar-refractivity contribution < 1.29 is 32.6 Å². The van der Waals surface area contributed by atoms with E-state index in [0.717, 1.165) is 37.7 Å². The summed E-state index contributed by atoms with van der Waals surface area (Å²) in [4.78, 5) is 31.7. The molecule has 0 heterocycles. The summed E-state index contributed by atoms with van der Waals surface area (Å²) < 4.78 is 29.1. The van der Waals surface area contributed by atoms with Crippen LogP contribution in [0.25, 0.3) is 0 Å². The lowest BCUT2D eigenvalue weighted by Gasteiger charge is -2.34. The Morgan fingerprint density at radius 2 is 1.14 bits per heavy atom. The molecule has 0 aromatic heterocycles. The van der Waals surface area contributed by atoms with E-state index in [2.05, 4.69) is 54.8 Å². The van der Waals surface area contributed by atoms with Gasteiger partial charge in [0.15, 0.2) is 0 Å². The number of rotatable bonds is 14. The Labute approximate surface area is 175 Å². The summed E-state index contributed by atoms with van der Waals surface area (Å²) in [6, 6.07) is 0. The second-order valence-electron chi connectivity index (χ2n) is 7.32. The Morgan fingerprint density at radius 1 is 0.724 bits per heavy atom. The fourth-order valence-corrected chi connectivity index (χ4v) is 3.83. The van der Waals surface area contributed by atoms with Gasteiger partial charge < -0.3 is 23.8 Å². The number of hydrogen-bond donors (Lipinski definition) is 0. The van der Waals surface area contributed by atoms with Gasteiger partial charge in [0.2, 0.25) is 0 Å². The normalized spacial score (nSPS) is 15.9. The lowest BCUT2D eigenvalue weighted by Crippen LogP contribution is -2.19. The van der Waals surface area contributed by atoms with Crippen LogP contribution >= 0.6 is 15.6 Å². The van der Waals surface area contributed by atoms with E-state index in [0.29, 0.717) is 6.42 Å². The summed E-state index contributed by atoms with van der Waals surface area (Å²) in [6.45, 7) is 9.89. The van der Waals surface area contributed by atoms with E-state index < -0.39 is 15.6 Å². The van der Waals surface area contributed by atoms with E-state index in [1.54, 1.807) is 0 Å². The summed E-state index contributed by atoms with van der Waals surface area (Å²) in [7, 11) is -10.8. The highest BCUT2D eigenvalue weighted by atomic mass is 31.3. The molecule has 0 fully saturated rings. The van der Waals surface area contributed by atoms with Gasteiger partial charge in [0.05, 0.1) is 14.4 Å². The van der Waals surface area contributed by atoms with Gasteiger partial charge in [-0.1, -0.05) is 46.6 Å². The first-order valence-electron chi connectivity index (χ1n) is 9.60. The van der Waals surface area contributed by atoms with Crippen LogP contribution in [0.2, 0.25) is 0 Å². The first-order valence-corrected chi connectivity index (χ1v) is 12.5. The maximum absolute atomic E-state index is 11.1. The highest BCUT2D eigenvalue weighted by Crippen LogP contribution is 2.50. The van der Waals surface area contributed by atoms with Crippen LogP contribution in [-0.2, 0) is 18.0 Å². The first-order chi connectivity index (χ1) is 13.3. The highest BCUT2D eigenvalue weighted by molar-refractivity contribution is 7.58. The molecule has 1 atom stereocenters. The average molecular weight is 447 g/mol. The SMILES string of the molecule is CC(C)=CCC/C(C)=C/CC/C(C)=C\CC/C(C)=C/COP(=O)([O-])OP(=O)([O-])[O-]. The standard InChI is InChI=1S/C20H36O7P2/c1-17(2)9-6-10-18(3)11-7-12-19(4)13-8-14-20(5)15-16-26-29(24,25)27-28(21,22)23/h9,11,13,15H,6-8,10,12,14,16H2,1-5H3,(H,24,25)(H2,21,22,23)/p-3/b18-11+,19-13-,20-15+. The smallest absolute Gasteiger partial charge is 0.272 e. The zero-order valence-electron chi connectivity index (χ0n) is 18.0. The third-order valence-electron chi connectivity index (χ3n) is 4.02. The Hall–Kier alpha value is -0.780. The van der Waals surface area contributed by atoms with Crippen molar-refractivity contribution in [3.63, 3.8) is 0 Å². The third kappa shape index (κ3) is 19.0. The minimum Gasteiger partial charge on any atom is -0.790 e. The van der Waals surface area contributed by atoms with Crippen LogP contribution in [-0.4, -0.2) is 6.61 Å². The van der Waals surface area contributed by atoms with Crippen molar-refractivity contribution in [2.75, 3.05) is 6.61 Å².